The highest BCUT2D eigenvalue weighted by atomic mass is 33.5. The molecule has 2 nitrogen and oxygen atoms in total. The first-order chi connectivity index (χ1) is 12.2. The van der Waals surface area contributed by atoms with Crippen LogP contribution in [-0.2, 0) is 4.74 Å². The number of nitrogens with zero attached hydrogens (tertiary/aromatic N) is 1. The second-order valence-corrected chi connectivity index (χ2v) is 16.2. The molecule has 1 aliphatic carbocycles. The fourth-order valence-corrected chi connectivity index (χ4v) is 13.4. The predicted molar refractivity (Wildman–Crippen MR) is 121 cm³/mol. The van der Waals surface area contributed by atoms with Gasteiger partial charge >= 0.3 is 0 Å². The second-order valence-electron chi connectivity index (χ2n) is 6.90. The molecule has 1 unspecified atom stereocenters. The van der Waals surface area contributed by atoms with E-state index in [1.54, 1.807) is 11.3 Å². The molecule has 7 heteroatoms. The topological polar surface area (TPSA) is 22.1 Å². The van der Waals surface area contributed by atoms with Crippen LogP contribution in [0, 0.1) is 0 Å². The van der Waals surface area contributed by atoms with Crippen LogP contribution in [0.25, 0.3) is 10.2 Å². The average Bonchev–Trinajstić information content (AvgIpc) is 3.04. The lowest BCUT2D eigenvalue weighted by Crippen LogP contribution is -2.24. The molecule has 1 aromatic carbocycles. The lowest BCUT2D eigenvalue weighted by Gasteiger charge is -2.24. The van der Waals surface area contributed by atoms with Crippen molar-refractivity contribution in [2.24, 2.45) is 0 Å². The van der Waals surface area contributed by atoms with Crippen molar-refractivity contribution in [3.63, 3.8) is 0 Å². The lowest BCUT2D eigenvalue weighted by molar-refractivity contribution is 0.0284. The van der Waals surface area contributed by atoms with Crippen LogP contribution in [0.15, 0.2) is 28.6 Å². The molecule has 1 aromatic heterocycles. The molecule has 1 fully saturated rings. The van der Waals surface area contributed by atoms with Crippen molar-refractivity contribution in [1.29, 1.82) is 0 Å². The third kappa shape index (κ3) is 6.47. The summed E-state index contributed by atoms with van der Waals surface area (Å²) in [5.41, 5.74) is 1.12. The van der Waals surface area contributed by atoms with E-state index >= 15 is 0 Å². The van der Waals surface area contributed by atoms with Crippen molar-refractivity contribution < 1.29 is 4.74 Å². The fraction of sp³-hybridized carbons (Fsp3) is 0.611. The second kappa shape index (κ2) is 10.6. The molecule has 1 saturated carbocycles. The molecule has 3 rings (SSSR count). The van der Waals surface area contributed by atoms with Crippen molar-refractivity contribution in [2.75, 3.05) is 6.61 Å². The highest BCUT2D eigenvalue weighted by Gasteiger charge is 2.19. The summed E-state index contributed by atoms with van der Waals surface area (Å²) in [6, 6.07) is 8.40. The predicted octanol–water partition coefficient (Wildman–Crippen LogP) is 6.82. The first-order valence-electron chi connectivity index (χ1n) is 9.19. The zero-order valence-corrected chi connectivity index (χ0v) is 19.4. The summed E-state index contributed by atoms with van der Waals surface area (Å²) >= 11 is 1.80. The van der Waals surface area contributed by atoms with Gasteiger partial charge in [-0.1, -0.05) is 55.3 Å². The molecule has 0 amide bonds. The zero-order valence-electron chi connectivity index (χ0n) is 15.0. The minimum absolute atomic E-state index is 0.540. The van der Waals surface area contributed by atoms with Crippen molar-refractivity contribution in [3.8, 4) is 0 Å². The molecular weight excluding hydrogens is 403 g/mol. The van der Waals surface area contributed by atoms with E-state index in [1.807, 2.05) is 31.4 Å². The van der Waals surface area contributed by atoms with E-state index in [-0.39, 0.29) is 0 Å². The van der Waals surface area contributed by atoms with Gasteiger partial charge in [-0.2, -0.15) is 0 Å². The Hall–Kier alpha value is 0.337. The van der Waals surface area contributed by atoms with Gasteiger partial charge in [0.2, 0.25) is 0 Å². The molecule has 1 aliphatic rings. The van der Waals surface area contributed by atoms with E-state index in [4.69, 9.17) is 9.72 Å². The maximum Gasteiger partial charge on any atom is 0.162 e. The molecule has 0 aliphatic heterocycles. The van der Waals surface area contributed by atoms with Gasteiger partial charge in [0.25, 0.3) is 0 Å². The summed E-state index contributed by atoms with van der Waals surface area (Å²) in [5.74, 6) is 0. The number of rotatable bonds is 9. The molecule has 1 heterocycles. The number of benzene rings is 1. The molecule has 2 aromatic rings. The van der Waals surface area contributed by atoms with E-state index in [2.05, 4.69) is 37.4 Å². The minimum atomic E-state index is -0.682. The van der Waals surface area contributed by atoms with Gasteiger partial charge in [-0.25, -0.2) is 4.98 Å². The zero-order chi connectivity index (χ0) is 17.5. The quantitative estimate of drug-likeness (QED) is 0.321. The third-order valence-electron chi connectivity index (χ3n) is 4.59. The Labute approximate surface area is 168 Å². The van der Waals surface area contributed by atoms with Crippen LogP contribution >= 0.6 is 42.8 Å². The van der Waals surface area contributed by atoms with Crippen LogP contribution in [0.3, 0.4) is 0 Å². The molecule has 0 spiro atoms. The summed E-state index contributed by atoms with van der Waals surface area (Å²) < 4.78 is 8.60. The Bertz CT molecular complexity index is 612. The molecule has 1 atom stereocenters. The Morgan fingerprint density at radius 3 is 2.80 bits per heavy atom. The molecular formula is C18H27NOS4Si. The van der Waals surface area contributed by atoms with Crippen molar-refractivity contribution in [1.82, 2.24) is 4.98 Å². The van der Waals surface area contributed by atoms with Crippen LogP contribution in [-0.4, -0.2) is 31.4 Å². The third-order valence-corrected chi connectivity index (χ3v) is 14.5. The number of ether oxygens (including phenoxy) is 1. The molecule has 0 saturated heterocycles. The summed E-state index contributed by atoms with van der Waals surface area (Å²) in [7, 11) is 5.09. The molecule has 0 N–H and O–H groups in total. The highest BCUT2D eigenvalue weighted by molar-refractivity contribution is 9.09. The van der Waals surface area contributed by atoms with Gasteiger partial charge in [-0.15, -0.1) is 11.3 Å². The van der Waals surface area contributed by atoms with E-state index in [9.17, 15) is 0 Å². The van der Waals surface area contributed by atoms with Gasteiger partial charge in [-0.3, -0.25) is 0 Å². The van der Waals surface area contributed by atoms with Gasteiger partial charge in [0.1, 0.15) is 0 Å². The summed E-state index contributed by atoms with van der Waals surface area (Å²) in [5, 5.41) is 0. The summed E-state index contributed by atoms with van der Waals surface area (Å²) in [6.45, 7) is 5.86. The van der Waals surface area contributed by atoms with E-state index in [0.717, 1.165) is 17.0 Å². The van der Waals surface area contributed by atoms with E-state index in [1.165, 1.54) is 47.6 Å². The molecule has 138 valence electrons. The first kappa shape index (κ1) is 20.1. The first-order valence-corrected chi connectivity index (χ1v) is 16.5. The van der Waals surface area contributed by atoms with Gasteiger partial charge < -0.3 is 4.74 Å². The lowest BCUT2D eigenvalue weighted by atomic mass is 9.98. The van der Waals surface area contributed by atoms with Crippen LogP contribution in [0.2, 0.25) is 13.1 Å². The number of hydrogen-bond acceptors (Lipinski definition) is 6. The van der Waals surface area contributed by atoms with E-state index in [0.29, 0.717) is 6.10 Å². The van der Waals surface area contributed by atoms with Crippen molar-refractivity contribution in [2.45, 2.75) is 66.9 Å². The van der Waals surface area contributed by atoms with Crippen LogP contribution in [0.5, 0.6) is 0 Å². The number of aromatic nitrogens is 1. The average molecular weight is 430 g/mol. The molecule has 0 radical (unpaired) electrons. The Morgan fingerprint density at radius 1 is 1.24 bits per heavy atom. The van der Waals surface area contributed by atoms with Crippen molar-refractivity contribution >= 4 is 61.8 Å². The molecule has 0 bridgehead atoms. The van der Waals surface area contributed by atoms with Gasteiger partial charge in [0, 0.05) is 20.3 Å². The fourth-order valence-electron chi connectivity index (χ4n) is 3.06. The number of para-hydroxylation sites is 1. The van der Waals surface area contributed by atoms with Crippen molar-refractivity contribution in [3.05, 3.63) is 24.3 Å². The normalized spacial score (nSPS) is 17.4. The maximum absolute atomic E-state index is 6.15. The Kier molecular flexibility index (Phi) is 8.53. The highest BCUT2D eigenvalue weighted by Crippen LogP contribution is 2.45. The molecule has 25 heavy (non-hydrogen) atoms. The number of thiazole rings is 1. The van der Waals surface area contributed by atoms with Crippen LogP contribution in [0.4, 0.5) is 0 Å². The minimum Gasteiger partial charge on any atom is -0.378 e. The largest absolute Gasteiger partial charge is 0.378 e. The standard InChI is InChI=1S/C18H27NOS4Si/c1-25(2)17(12-13-20-14-8-4-3-5-9-14)22-24-23-18-19-15-10-6-7-11-16(15)21-18/h6-7,10-11,14,17,25H,3-5,8-9,12-13H2,1-2H3. The van der Waals surface area contributed by atoms with Crippen LogP contribution in [0.1, 0.15) is 38.5 Å². The van der Waals surface area contributed by atoms with Gasteiger partial charge in [0.05, 0.1) is 16.3 Å². The summed E-state index contributed by atoms with van der Waals surface area (Å²) in [4.78, 5) is 5.49. The van der Waals surface area contributed by atoms with E-state index < -0.39 is 8.80 Å². The number of fused-ring (bicyclic) bond motifs is 1. The van der Waals surface area contributed by atoms with Gasteiger partial charge in [-0.05, 0) is 52.0 Å². The monoisotopic (exact) mass is 429 g/mol. The van der Waals surface area contributed by atoms with Crippen LogP contribution < -0.4 is 0 Å². The Morgan fingerprint density at radius 2 is 2.04 bits per heavy atom. The maximum atomic E-state index is 6.15. The smallest absolute Gasteiger partial charge is 0.162 e. The summed E-state index contributed by atoms with van der Waals surface area (Å²) in [6.07, 6.45) is 8.42. The Balaban J connectivity index is 1.40. The SMILES string of the molecule is C[SiH](C)C(CCOC1CCCCC1)SSSc1nc2ccccc2s1. The van der Waals surface area contributed by atoms with Gasteiger partial charge in [0.15, 0.2) is 4.34 Å². The number of hydrogen-bond donors (Lipinski definition) is 0.